The standard InChI is InChI=1S/C17H19NOS/c1-13-6-8-16(9-7-13)18-17(19)12-20-11-15-5-3-4-14(2)10-15/h3-10H,11-12H2,1-2H3,(H,18,19). The van der Waals surface area contributed by atoms with Crippen LogP contribution in [-0.2, 0) is 10.5 Å². The number of carbonyl (C=O) groups is 1. The molecule has 0 radical (unpaired) electrons. The van der Waals surface area contributed by atoms with Crippen LogP contribution in [0.4, 0.5) is 5.69 Å². The van der Waals surface area contributed by atoms with Gasteiger partial charge in [0.05, 0.1) is 5.75 Å². The highest BCUT2D eigenvalue weighted by Crippen LogP contribution is 2.14. The first-order chi connectivity index (χ1) is 9.63. The van der Waals surface area contributed by atoms with Crippen molar-refractivity contribution in [2.75, 3.05) is 11.1 Å². The highest BCUT2D eigenvalue weighted by molar-refractivity contribution is 7.99. The van der Waals surface area contributed by atoms with Crippen LogP contribution in [0.1, 0.15) is 16.7 Å². The van der Waals surface area contributed by atoms with E-state index in [9.17, 15) is 4.79 Å². The summed E-state index contributed by atoms with van der Waals surface area (Å²) in [5, 5.41) is 2.91. The van der Waals surface area contributed by atoms with Gasteiger partial charge in [0, 0.05) is 11.4 Å². The van der Waals surface area contributed by atoms with Crippen molar-refractivity contribution in [1.29, 1.82) is 0 Å². The molecule has 2 aromatic carbocycles. The van der Waals surface area contributed by atoms with Gasteiger partial charge in [0.15, 0.2) is 0 Å². The first-order valence-electron chi connectivity index (χ1n) is 6.63. The number of anilines is 1. The minimum Gasteiger partial charge on any atom is -0.325 e. The van der Waals surface area contributed by atoms with Gasteiger partial charge in [-0.25, -0.2) is 0 Å². The van der Waals surface area contributed by atoms with E-state index >= 15 is 0 Å². The Morgan fingerprint density at radius 2 is 1.80 bits per heavy atom. The molecule has 0 aliphatic carbocycles. The molecular weight excluding hydrogens is 266 g/mol. The van der Waals surface area contributed by atoms with E-state index in [-0.39, 0.29) is 5.91 Å². The van der Waals surface area contributed by atoms with Crippen LogP contribution >= 0.6 is 11.8 Å². The van der Waals surface area contributed by atoms with Crippen LogP contribution in [-0.4, -0.2) is 11.7 Å². The van der Waals surface area contributed by atoms with Crippen molar-refractivity contribution in [2.45, 2.75) is 19.6 Å². The van der Waals surface area contributed by atoms with Gasteiger partial charge in [0.2, 0.25) is 5.91 Å². The van der Waals surface area contributed by atoms with Gasteiger partial charge >= 0.3 is 0 Å². The van der Waals surface area contributed by atoms with Crippen molar-refractivity contribution in [3.05, 3.63) is 65.2 Å². The zero-order chi connectivity index (χ0) is 14.4. The third-order valence-electron chi connectivity index (χ3n) is 2.92. The maximum absolute atomic E-state index is 11.8. The van der Waals surface area contributed by atoms with Gasteiger partial charge in [-0.1, -0.05) is 47.5 Å². The quantitative estimate of drug-likeness (QED) is 0.893. The molecule has 104 valence electrons. The molecular formula is C17H19NOS. The normalized spacial score (nSPS) is 10.3. The SMILES string of the molecule is Cc1ccc(NC(=O)CSCc2cccc(C)c2)cc1. The summed E-state index contributed by atoms with van der Waals surface area (Å²) in [5.41, 5.74) is 4.57. The summed E-state index contributed by atoms with van der Waals surface area (Å²) in [6.45, 7) is 4.11. The van der Waals surface area contributed by atoms with Crippen molar-refractivity contribution < 1.29 is 4.79 Å². The van der Waals surface area contributed by atoms with Crippen LogP contribution in [0.3, 0.4) is 0 Å². The smallest absolute Gasteiger partial charge is 0.234 e. The fourth-order valence-electron chi connectivity index (χ4n) is 1.90. The third kappa shape index (κ3) is 4.74. The second-order valence-electron chi connectivity index (χ2n) is 4.90. The molecule has 0 heterocycles. The Morgan fingerprint density at radius 3 is 2.50 bits per heavy atom. The molecule has 0 spiro atoms. The summed E-state index contributed by atoms with van der Waals surface area (Å²) < 4.78 is 0. The van der Waals surface area contributed by atoms with E-state index in [2.05, 4.69) is 36.5 Å². The third-order valence-corrected chi connectivity index (χ3v) is 3.92. The average Bonchev–Trinajstić information content (AvgIpc) is 2.41. The number of rotatable bonds is 5. The lowest BCUT2D eigenvalue weighted by molar-refractivity contribution is -0.113. The van der Waals surface area contributed by atoms with Crippen LogP contribution < -0.4 is 5.32 Å². The van der Waals surface area contributed by atoms with Crippen LogP contribution in [0.15, 0.2) is 48.5 Å². The Kier molecular flexibility index (Phi) is 5.24. The first-order valence-corrected chi connectivity index (χ1v) is 7.79. The van der Waals surface area contributed by atoms with Crippen molar-refractivity contribution in [3.8, 4) is 0 Å². The second kappa shape index (κ2) is 7.15. The van der Waals surface area contributed by atoms with Gasteiger partial charge in [-0.05, 0) is 31.5 Å². The van der Waals surface area contributed by atoms with E-state index < -0.39 is 0 Å². The van der Waals surface area contributed by atoms with E-state index in [1.165, 1.54) is 16.7 Å². The van der Waals surface area contributed by atoms with Crippen molar-refractivity contribution in [3.63, 3.8) is 0 Å². The first kappa shape index (κ1) is 14.7. The molecule has 0 atom stereocenters. The maximum Gasteiger partial charge on any atom is 0.234 e. The molecule has 1 N–H and O–H groups in total. The van der Waals surface area contributed by atoms with Gasteiger partial charge in [0.25, 0.3) is 0 Å². The summed E-state index contributed by atoms with van der Waals surface area (Å²) in [7, 11) is 0. The highest BCUT2D eigenvalue weighted by atomic mass is 32.2. The molecule has 2 aromatic rings. The Bertz CT molecular complexity index is 578. The Morgan fingerprint density at radius 1 is 1.05 bits per heavy atom. The number of nitrogens with one attached hydrogen (secondary N) is 1. The van der Waals surface area contributed by atoms with E-state index in [0.717, 1.165) is 11.4 Å². The van der Waals surface area contributed by atoms with Crippen molar-refractivity contribution in [1.82, 2.24) is 0 Å². The highest BCUT2D eigenvalue weighted by Gasteiger charge is 2.03. The topological polar surface area (TPSA) is 29.1 Å². The molecule has 0 saturated carbocycles. The zero-order valence-corrected chi connectivity index (χ0v) is 12.7. The van der Waals surface area contributed by atoms with Gasteiger partial charge in [-0.15, -0.1) is 11.8 Å². The van der Waals surface area contributed by atoms with Crippen LogP contribution in [0.2, 0.25) is 0 Å². The number of aryl methyl sites for hydroxylation is 2. The number of amides is 1. The number of hydrogen-bond acceptors (Lipinski definition) is 2. The molecule has 0 unspecified atom stereocenters. The fourth-order valence-corrected chi connectivity index (χ4v) is 2.67. The molecule has 2 rings (SSSR count). The molecule has 2 nitrogen and oxygen atoms in total. The molecule has 0 fully saturated rings. The van der Waals surface area contributed by atoms with Crippen LogP contribution in [0, 0.1) is 13.8 Å². The minimum absolute atomic E-state index is 0.0477. The van der Waals surface area contributed by atoms with Crippen LogP contribution in [0.25, 0.3) is 0 Å². The summed E-state index contributed by atoms with van der Waals surface area (Å²) in [5.74, 6) is 1.39. The number of carbonyl (C=O) groups excluding carboxylic acids is 1. The molecule has 0 saturated heterocycles. The fraction of sp³-hybridized carbons (Fsp3) is 0.235. The summed E-state index contributed by atoms with van der Waals surface area (Å²) in [6.07, 6.45) is 0. The number of thioether (sulfide) groups is 1. The monoisotopic (exact) mass is 285 g/mol. The second-order valence-corrected chi connectivity index (χ2v) is 5.88. The largest absolute Gasteiger partial charge is 0.325 e. The Labute approximate surface area is 124 Å². The average molecular weight is 285 g/mol. The predicted octanol–water partition coefficient (Wildman–Crippen LogP) is 4.18. The van der Waals surface area contributed by atoms with E-state index in [4.69, 9.17) is 0 Å². The zero-order valence-electron chi connectivity index (χ0n) is 11.8. The molecule has 0 bridgehead atoms. The molecule has 0 aliphatic heterocycles. The van der Waals surface area contributed by atoms with E-state index in [1.807, 2.05) is 31.2 Å². The van der Waals surface area contributed by atoms with Crippen molar-refractivity contribution >= 4 is 23.4 Å². The molecule has 0 aromatic heterocycles. The Balaban J connectivity index is 1.76. The molecule has 20 heavy (non-hydrogen) atoms. The van der Waals surface area contributed by atoms with Gasteiger partial charge < -0.3 is 5.32 Å². The number of benzene rings is 2. The van der Waals surface area contributed by atoms with E-state index in [1.54, 1.807) is 11.8 Å². The lowest BCUT2D eigenvalue weighted by Crippen LogP contribution is -2.14. The summed E-state index contributed by atoms with van der Waals surface area (Å²) >= 11 is 1.63. The van der Waals surface area contributed by atoms with E-state index in [0.29, 0.717) is 5.75 Å². The molecule has 1 amide bonds. The lowest BCUT2D eigenvalue weighted by atomic mass is 10.2. The minimum atomic E-state index is 0.0477. The molecule has 0 aliphatic rings. The van der Waals surface area contributed by atoms with Gasteiger partial charge in [-0.2, -0.15) is 0 Å². The summed E-state index contributed by atoms with van der Waals surface area (Å²) in [4.78, 5) is 11.8. The lowest BCUT2D eigenvalue weighted by Gasteiger charge is -2.06. The van der Waals surface area contributed by atoms with Gasteiger partial charge in [0.1, 0.15) is 0 Å². The predicted molar refractivity (Wildman–Crippen MR) is 87.1 cm³/mol. The maximum atomic E-state index is 11.8. The van der Waals surface area contributed by atoms with Crippen LogP contribution in [0.5, 0.6) is 0 Å². The summed E-state index contributed by atoms with van der Waals surface area (Å²) in [6, 6.07) is 16.2. The molecule has 3 heteroatoms. The van der Waals surface area contributed by atoms with Gasteiger partial charge in [-0.3, -0.25) is 4.79 Å². The number of hydrogen-bond donors (Lipinski definition) is 1. The Hall–Kier alpha value is -1.74. The van der Waals surface area contributed by atoms with Crippen molar-refractivity contribution in [2.24, 2.45) is 0 Å².